The van der Waals surface area contributed by atoms with Gasteiger partial charge in [-0.1, -0.05) is 0 Å². The highest BCUT2D eigenvalue weighted by Gasteiger charge is 1.87. The predicted octanol–water partition coefficient (Wildman–Crippen LogP) is 1.21. The third kappa shape index (κ3) is 2870000. The Bertz CT molecular complexity index is 130. The van der Waals surface area contributed by atoms with E-state index in [2.05, 4.69) is 10.7 Å². The fraction of sp³-hybridized carbons (Fsp3) is 1.00. The first kappa shape index (κ1) is 11.7. The van der Waals surface area contributed by atoms with Crippen molar-refractivity contribution < 1.29 is 26.1 Å². The molecule has 0 atom stereocenters. The number of halogens is 4. The first-order valence-corrected chi connectivity index (χ1v) is 3.59. The van der Waals surface area contributed by atoms with Crippen LogP contribution in [-0.2, 0) is 9.33 Å². The topological polar surface area (TPSA) is 54.4 Å². The molecule has 0 saturated carbocycles. The zero-order valence-electron chi connectivity index (χ0n) is 3.76. The maximum absolute atomic E-state index is 9.67. The molecule has 0 radical (unpaired) electrons. The van der Waals surface area contributed by atoms with Gasteiger partial charge in [-0.15, -0.1) is 0 Å². The molecule has 0 bridgehead atoms. The SMILES string of the molecule is FC(F)F.O=S(=O)(O)Cl. The highest BCUT2D eigenvalue weighted by Crippen LogP contribution is 1.87. The highest BCUT2D eigenvalue weighted by molar-refractivity contribution is 8.09. The molecule has 58 valence electrons. The maximum Gasteiger partial charge on any atom is 0.379 e. The summed E-state index contributed by atoms with van der Waals surface area (Å²) in [5, 5.41) is 0. The lowest BCUT2D eigenvalue weighted by Gasteiger charge is -1.65. The summed E-state index contributed by atoms with van der Waals surface area (Å²) in [5.41, 5.74) is 0. The molecule has 0 fully saturated rings. The Morgan fingerprint density at radius 1 is 1.33 bits per heavy atom. The van der Waals surface area contributed by atoms with Crippen molar-refractivity contribution in [2.75, 3.05) is 0 Å². The van der Waals surface area contributed by atoms with Gasteiger partial charge >= 0.3 is 16.0 Å². The Hall–Kier alpha value is -0.0100. The number of hydrogen-bond donors (Lipinski definition) is 1. The normalized spacial score (nSPS) is 10.4. The molecule has 0 rings (SSSR count). The molecule has 0 amide bonds. The van der Waals surface area contributed by atoms with E-state index in [9.17, 15) is 13.2 Å². The lowest BCUT2D eigenvalue weighted by Crippen LogP contribution is -1.77. The van der Waals surface area contributed by atoms with Crippen LogP contribution in [0.5, 0.6) is 0 Å². The van der Waals surface area contributed by atoms with Gasteiger partial charge in [-0.3, -0.25) is 4.55 Å². The highest BCUT2D eigenvalue weighted by atomic mass is 35.7. The maximum atomic E-state index is 9.67. The second-order valence-corrected chi connectivity index (χ2v) is 2.65. The summed E-state index contributed by atoms with van der Waals surface area (Å²) < 4.78 is 54.2. The van der Waals surface area contributed by atoms with Crippen molar-refractivity contribution in [3.05, 3.63) is 0 Å². The molecule has 0 aromatic heterocycles. The summed E-state index contributed by atoms with van der Waals surface area (Å²) >= 11 is 0. The van der Waals surface area contributed by atoms with E-state index in [-0.39, 0.29) is 0 Å². The Labute approximate surface area is 53.7 Å². The number of hydrogen-bond acceptors (Lipinski definition) is 2. The first-order chi connectivity index (χ1) is 3.73. The van der Waals surface area contributed by atoms with E-state index < -0.39 is 16.0 Å². The summed E-state index contributed by atoms with van der Waals surface area (Å²) in [7, 11) is -0.137. The lowest BCUT2D eigenvalue weighted by atomic mass is 11.6. The minimum atomic E-state index is -4.19. The van der Waals surface area contributed by atoms with Crippen molar-refractivity contribution in [1.29, 1.82) is 0 Å². The molecule has 0 spiro atoms. The third-order valence-corrected chi connectivity index (χ3v) is 0. The molecular weight excluding hydrogens is 185 g/mol. The van der Waals surface area contributed by atoms with Gasteiger partial charge in [0.1, 0.15) is 0 Å². The lowest BCUT2D eigenvalue weighted by molar-refractivity contribution is 0.00819. The predicted molar refractivity (Wildman–Crippen MR) is 24.5 cm³/mol. The molecule has 0 aromatic rings. The molecule has 0 aliphatic carbocycles. The molecule has 0 aliphatic rings. The van der Waals surface area contributed by atoms with E-state index >= 15 is 0 Å². The summed E-state index contributed by atoms with van der Waals surface area (Å²) in [6, 6.07) is 0. The largest absolute Gasteiger partial charge is 0.379 e. The third-order valence-electron chi connectivity index (χ3n) is 0. The fourth-order valence-corrected chi connectivity index (χ4v) is 0. The van der Waals surface area contributed by atoms with Gasteiger partial charge in [-0.05, 0) is 0 Å². The average Bonchev–Trinajstić information content (AvgIpc) is 1.19. The monoisotopic (exact) mass is 186 g/mol. The van der Waals surface area contributed by atoms with Gasteiger partial charge in [0.25, 0.3) is 0 Å². The van der Waals surface area contributed by atoms with E-state index in [0.29, 0.717) is 0 Å². The Morgan fingerprint density at radius 3 is 1.33 bits per heavy atom. The first-order valence-electron chi connectivity index (χ1n) is 1.32. The van der Waals surface area contributed by atoms with Crippen molar-refractivity contribution in [2.45, 2.75) is 6.68 Å². The Balaban J connectivity index is 0. The molecule has 3 nitrogen and oxygen atoms in total. The van der Waals surface area contributed by atoms with Crippen molar-refractivity contribution >= 4 is 20.0 Å². The molecule has 0 aliphatic heterocycles. The standard InChI is InChI=1S/CHF3.ClHO3S/c2-1(3)4;1-5(2,3)4/h1H;(H,2,3,4). The number of rotatable bonds is 0. The zero-order chi connectivity index (χ0) is 8.08. The van der Waals surface area contributed by atoms with Gasteiger partial charge in [0.05, 0.1) is 0 Å². The van der Waals surface area contributed by atoms with Gasteiger partial charge in [-0.25, -0.2) is 0 Å². The summed E-state index contributed by atoms with van der Waals surface area (Å²) in [6.07, 6.45) is 0. The second-order valence-electron chi connectivity index (χ2n) is 0.660. The van der Waals surface area contributed by atoms with Crippen molar-refractivity contribution in [2.24, 2.45) is 0 Å². The van der Waals surface area contributed by atoms with Crippen LogP contribution in [0.25, 0.3) is 0 Å². The Kier molecular flexibility index (Phi) is 6.30. The van der Waals surface area contributed by atoms with Crippen LogP contribution in [0.15, 0.2) is 0 Å². The minimum absolute atomic E-state index is 3.67. The second kappa shape index (κ2) is 4.83. The summed E-state index contributed by atoms with van der Waals surface area (Å²) in [5.74, 6) is 0. The average molecular weight is 187 g/mol. The fourth-order valence-electron chi connectivity index (χ4n) is 0. The van der Waals surface area contributed by atoms with Crippen LogP contribution in [0.3, 0.4) is 0 Å². The summed E-state index contributed by atoms with van der Waals surface area (Å²) in [6.45, 7) is -3.67. The van der Waals surface area contributed by atoms with Gasteiger partial charge in [-0.2, -0.15) is 21.6 Å². The van der Waals surface area contributed by atoms with Crippen molar-refractivity contribution in [3.8, 4) is 0 Å². The van der Waals surface area contributed by atoms with Crippen LogP contribution in [-0.4, -0.2) is 19.6 Å². The quantitative estimate of drug-likeness (QED) is 0.457. The molecule has 0 aromatic carbocycles. The van der Waals surface area contributed by atoms with Crippen LogP contribution in [0.1, 0.15) is 0 Å². The molecule has 0 unspecified atom stereocenters. The minimum Gasteiger partial charge on any atom is -0.273 e. The van der Waals surface area contributed by atoms with Crippen molar-refractivity contribution in [3.63, 3.8) is 0 Å². The van der Waals surface area contributed by atoms with Gasteiger partial charge < -0.3 is 0 Å². The molecular formula is CH2ClF3O3S. The zero-order valence-corrected chi connectivity index (χ0v) is 5.33. The number of alkyl halides is 3. The molecule has 9 heavy (non-hydrogen) atoms. The Morgan fingerprint density at radius 2 is 1.33 bits per heavy atom. The van der Waals surface area contributed by atoms with Crippen LogP contribution < -0.4 is 0 Å². The molecule has 1 N–H and O–H groups in total. The van der Waals surface area contributed by atoms with Crippen LogP contribution in [0, 0.1) is 0 Å². The van der Waals surface area contributed by atoms with Gasteiger partial charge in [0.2, 0.25) is 0 Å². The smallest absolute Gasteiger partial charge is 0.273 e. The van der Waals surface area contributed by atoms with Crippen LogP contribution in [0.2, 0.25) is 0 Å². The van der Waals surface area contributed by atoms with E-state index in [1.807, 2.05) is 0 Å². The van der Waals surface area contributed by atoms with Gasteiger partial charge in [0, 0.05) is 10.7 Å². The van der Waals surface area contributed by atoms with Gasteiger partial charge in [0.15, 0.2) is 0 Å². The van der Waals surface area contributed by atoms with Crippen LogP contribution >= 0.6 is 10.7 Å². The van der Waals surface area contributed by atoms with E-state index in [4.69, 9.17) is 13.0 Å². The van der Waals surface area contributed by atoms with E-state index in [0.717, 1.165) is 0 Å². The molecule has 8 heteroatoms. The van der Waals surface area contributed by atoms with E-state index in [1.165, 1.54) is 0 Å². The van der Waals surface area contributed by atoms with E-state index in [1.54, 1.807) is 0 Å². The summed E-state index contributed by atoms with van der Waals surface area (Å²) in [4.78, 5) is 0. The molecule has 0 heterocycles. The van der Waals surface area contributed by atoms with Crippen LogP contribution in [0.4, 0.5) is 13.2 Å². The van der Waals surface area contributed by atoms with Crippen molar-refractivity contribution in [1.82, 2.24) is 0 Å². The molecule has 0 saturated heterocycles.